The van der Waals surface area contributed by atoms with Crippen molar-refractivity contribution in [1.29, 1.82) is 0 Å². The largest absolute Gasteiger partial charge is 0.384 e. The summed E-state index contributed by atoms with van der Waals surface area (Å²) >= 11 is 0. The molecule has 1 N–H and O–H groups in total. The number of nitrogens with zero attached hydrogens (tertiary/aromatic N) is 1. The quantitative estimate of drug-likeness (QED) is 0.860. The van der Waals surface area contributed by atoms with Crippen molar-refractivity contribution < 1.29 is 8.42 Å². The Morgan fingerprint density at radius 2 is 1.94 bits per heavy atom. The third-order valence-corrected chi connectivity index (χ3v) is 5.08. The summed E-state index contributed by atoms with van der Waals surface area (Å²) in [6.07, 6.45) is 3.76. The van der Waals surface area contributed by atoms with Gasteiger partial charge in [-0.2, -0.15) is 0 Å². The van der Waals surface area contributed by atoms with Crippen LogP contribution < -0.4 is 5.32 Å². The van der Waals surface area contributed by atoms with Crippen molar-refractivity contribution in [3.63, 3.8) is 0 Å². The number of rotatable bonds is 6. The van der Waals surface area contributed by atoms with Gasteiger partial charge in [-0.05, 0) is 24.5 Å². The van der Waals surface area contributed by atoms with E-state index in [1.54, 1.807) is 26.2 Å². The van der Waals surface area contributed by atoms with Gasteiger partial charge in [0.25, 0.3) is 0 Å². The maximum Gasteiger partial charge on any atom is 0.244 e. The normalized spacial score (nSPS) is 15.9. The van der Waals surface area contributed by atoms with E-state index in [9.17, 15) is 8.42 Å². The second kappa shape index (κ2) is 5.28. The summed E-state index contributed by atoms with van der Waals surface area (Å²) in [6.45, 7) is 0.838. The van der Waals surface area contributed by atoms with Crippen LogP contribution in [0.5, 0.6) is 0 Å². The maximum absolute atomic E-state index is 12.1. The zero-order valence-corrected chi connectivity index (χ0v) is 11.7. The first-order valence-corrected chi connectivity index (χ1v) is 7.71. The van der Waals surface area contributed by atoms with E-state index in [1.165, 1.54) is 17.1 Å². The van der Waals surface area contributed by atoms with Gasteiger partial charge in [0, 0.05) is 20.6 Å². The molecule has 1 fully saturated rings. The van der Waals surface area contributed by atoms with Gasteiger partial charge < -0.3 is 5.32 Å². The third-order valence-electron chi connectivity index (χ3n) is 3.21. The summed E-state index contributed by atoms with van der Waals surface area (Å²) in [5, 5.41) is 3.24. The molecule has 0 bridgehead atoms. The van der Waals surface area contributed by atoms with Crippen LogP contribution in [0.15, 0.2) is 29.2 Å². The first-order chi connectivity index (χ1) is 8.51. The van der Waals surface area contributed by atoms with Crippen molar-refractivity contribution in [2.45, 2.75) is 24.2 Å². The predicted octanol–water partition coefficient (Wildman–Crippen LogP) is 2.15. The zero-order valence-electron chi connectivity index (χ0n) is 10.9. The summed E-state index contributed by atoms with van der Waals surface area (Å²) in [4.78, 5) is 0.353. The maximum atomic E-state index is 12.1. The van der Waals surface area contributed by atoms with Crippen LogP contribution in [0, 0.1) is 5.92 Å². The lowest BCUT2D eigenvalue weighted by molar-refractivity contribution is 0.521. The van der Waals surface area contributed by atoms with Crippen LogP contribution in [0.25, 0.3) is 0 Å². The van der Waals surface area contributed by atoms with E-state index in [0.29, 0.717) is 10.6 Å². The van der Waals surface area contributed by atoms with Gasteiger partial charge in [-0.15, -0.1) is 0 Å². The summed E-state index contributed by atoms with van der Waals surface area (Å²) in [5.41, 5.74) is 0.701. The average molecular weight is 268 g/mol. The number of benzene rings is 1. The molecule has 0 radical (unpaired) electrons. The molecule has 0 atom stereocenters. The highest BCUT2D eigenvalue weighted by atomic mass is 32.2. The molecule has 1 aromatic rings. The Morgan fingerprint density at radius 3 is 2.56 bits per heavy atom. The van der Waals surface area contributed by atoms with Crippen LogP contribution in [0.4, 0.5) is 5.69 Å². The van der Waals surface area contributed by atoms with Gasteiger partial charge in [0.2, 0.25) is 10.0 Å². The first-order valence-electron chi connectivity index (χ1n) is 6.27. The van der Waals surface area contributed by atoms with E-state index in [4.69, 9.17) is 0 Å². The highest BCUT2D eigenvalue weighted by Gasteiger charge is 2.22. The van der Waals surface area contributed by atoms with Crippen LogP contribution in [0.2, 0.25) is 0 Å². The Labute approximate surface area is 109 Å². The smallest absolute Gasteiger partial charge is 0.244 e. The Kier molecular flexibility index (Phi) is 3.92. The first kappa shape index (κ1) is 13.4. The van der Waals surface area contributed by atoms with E-state index < -0.39 is 10.0 Å². The SMILES string of the molecule is CN(C)S(=O)(=O)c1ccccc1NCCC1CC1. The fraction of sp³-hybridized carbons (Fsp3) is 0.538. The topological polar surface area (TPSA) is 49.4 Å². The lowest BCUT2D eigenvalue weighted by Gasteiger charge is -2.16. The van der Waals surface area contributed by atoms with Crippen LogP contribution in [-0.2, 0) is 10.0 Å². The molecule has 4 nitrogen and oxygen atoms in total. The third kappa shape index (κ3) is 3.03. The second-order valence-electron chi connectivity index (χ2n) is 4.94. The van der Waals surface area contributed by atoms with Gasteiger partial charge in [-0.1, -0.05) is 25.0 Å². The van der Waals surface area contributed by atoms with E-state index in [0.717, 1.165) is 18.9 Å². The highest BCUT2D eigenvalue weighted by molar-refractivity contribution is 7.89. The molecule has 1 aliphatic rings. The Bertz CT molecular complexity index is 507. The van der Waals surface area contributed by atoms with Crippen molar-refractivity contribution in [1.82, 2.24) is 4.31 Å². The Balaban J connectivity index is 2.14. The van der Waals surface area contributed by atoms with Crippen LogP contribution >= 0.6 is 0 Å². The molecule has 0 saturated heterocycles. The monoisotopic (exact) mass is 268 g/mol. The minimum atomic E-state index is -3.37. The minimum absolute atomic E-state index is 0.353. The number of nitrogens with one attached hydrogen (secondary N) is 1. The average Bonchev–Trinajstić information content (AvgIpc) is 3.13. The molecular formula is C13H20N2O2S. The van der Waals surface area contributed by atoms with Gasteiger partial charge >= 0.3 is 0 Å². The van der Waals surface area contributed by atoms with Crippen molar-refractivity contribution in [2.24, 2.45) is 5.92 Å². The van der Waals surface area contributed by atoms with Gasteiger partial charge in [-0.25, -0.2) is 12.7 Å². The highest BCUT2D eigenvalue weighted by Crippen LogP contribution is 2.32. The number of hydrogen-bond acceptors (Lipinski definition) is 3. The fourth-order valence-electron chi connectivity index (χ4n) is 1.85. The number of sulfonamides is 1. The Hall–Kier alpha value is -1.07. The van der Waals surface area contributed by atoms with E-state index >= 15 is 0 Å². The minimum Gasteiger partial charge on any atom is -0.384 e. The van der Waals surface area contributed by atoms with E-state index in [1.807, 2.05) is 12.1 Å². The summed E-state index contributed by atoms with van der Waals surface area (Å²) in [7, 11) is -0.268. The molecule has 2 rings (SSSR count). The lowest BCUT2D eigenvalue weighted by atomic mass is 10.2. The molecule has 5 heteroatoms. The molecule has 0 aromatic heterocycles. The molecule has 0 amide bonds. The fourth-order valence-corrected chi connectivity index (χ4v) is 2.91. The predicted molar refractivity (Wildman–Crippen MR) is 73.1 cm³/mol. The van der Waals surface area contributed by atoms with Crippen molar-refractivity contribution in [3.05, 3.63) is 24.3 Å². The number of para-hydroxylation sites is 1. The van der Waals surface area contributed by atoms with Gasteiger partial charge in [-0.3, -0.25) is 0 Å². The van der Waals surface area contributed by atoms with E-state index in [2.05, 4.69) is 5.32 Å². The molecule has 0 spiro atoms. The zero-order chi connectivity index (χ0) is 13.2. The van der Waals surface area contributed by atoms with Crippen LogP contribution in [-0.4, -0.2) is 33.4 Å². The number of hydrogen-bond donors (Lipinski definition) is 1. The second-order valence-corrected chi connectivity index (χ2v) is 7.06. The summed E-state index contributed by atoms with van der Waals surface area (Å²) in [6, 6.07) is 7.08. The van der Waals surface area contributed by atoms with Gasteiger partial charge in [0.1, 0.15) is 4.90 Å². The van der Waals surface area contributed by atoms with E-state index in [-0.39, 0.29) is 0 Å². The molecule has 1 aliphatic carbocycles. The lowest BCUT2D eigenvalue weighted by Crippen LogP contribution is -2.23. The molecule has 1 aromatic carbocycles. The molecule has 100 valence electrons. The van der Waals surface area contributed by atoms with Crippen LogP contribution in [0.3, 0.4) is 0 Å². The molecule has 18 heavy (non-hydrogen) atoms. The van der Waals surface area contributed by atoms with Crippen molar-refractivity contribution in [3.8, 4) is 0 Å². The molecule has 1 saturated carbocycles. The van der Waals surface area contributed by atoms with Crippen molar-refractivity contribution >= 4 is 15.7 Å². The molecule has 0 aliphatic heterocycles. The van der Waals surface area contributed by atoms with Crippen molar-refractivity contribution in [2.75, 3.05) is 26.0 Å². The molecular weight excluding hydrogens is 248 g/mol. The van der Waals surface area contributed by atoms with Crippen LogP contribution in [0.1, 0.15) is 19.3 Å². The molecule has 0 unspecified atom stereocenters. The van der Waals surface area contributed by atoms with Gasteiger partial charge in [0.05, 0.1) is 5.69 Å². The number of anilines is 1. The molecule has 0 heterocycles. The van der Waals surface area contributed by atoms with Gasteiger partial charge in [0.15, 0.2) is 0 Å². The standard InChI is InChI=1S/C13H20N2O2S/c1-15(2)18(16,17)13-6-4-3-5-12(13)14-10-9-11-7-8-11/h3-6,11,14H,7-10H2,1-2H3. The summed E-state index contributed by atoms with van der Waals surface area (Å²) in [5.74, 6) is 0.843. The Morgan fingerprint density at radius 1 is 1.28 bits per heavy atom. The summed E-state index contributed by atoms with van der Waals surface area (Å²) < 4.78 is 25.5.